The molecule has 0 spiro atoms. The van der Waals surface area contributed by atoms with Crippen LogP contribution >= 0.6 is 0 Å². The molecule has 0 bridgehead atoms. The van der Waals surface area contributed by atoms with Gasteiger partial charge in [-0.05, 0) is 20.3 Å². The smallest absolute Gasteiger partial charge is 0.311 e. The first-order chi connectivity index (χ1) is 9.04. The van der Waals surface area contributed by atoms with E-state index in [-0.39, 0.29) is 11.4 Å². The molecule has 0 saturated carbocycles. The minimum Gasteiger partial charge on any atom is -0.462 e. The van der Waals surface area contributed by atoms with Gasteiger partial charge in [-0.2, -0.15) is 0 Å². The topological polar surface area (TPSA) is 26.3 Å². The molecule has 0 aliphatic rings. The molecule has 0 heterocycles. The molecule has 0 aromatic heterocycles. The second-order valence-electron chi connectivity index (χ2n) is 6.25. The summed E-state index contributed by atoms with van der Waals surface area (Å²) in [5.41, 5.74) is -0.373. The average molecular weight is 269 g/mol. The van der Waals surface area contributed by atoms with Gasteiger partial charge in [0.2, 0.25) is 0 Å². The van der Waals surface area contributed by atoms with Crippen molar-refractivity contribution in [1.29, 1.82) is 0 Å². The molecular formula is C17H33O2. The summed E-state index contributed by atoms with van der Waals surface area (Å²) in [5.74, 6) is -0.191. The summed E-state index contributed by atoms with van der Waals surface area (Å²) in [6, 6.07) is 0. The average Bonchev–Trinajstić information content (AvgIpc) is 2.39. The highest BCUT2D eigenvalue weighted by atomic mass is 16.5. The largest absolute Gasteiger partial charge is 0.462 e. The van der Waals surface area contributed by atoms with E-state index in [1.165, 1.54) is 57.8 Å². The predicted molar refractivity (Wildman–Crippen MR) is 81.7 cm³/mol. The third kappa shape index (κ3) is 9.98. The zero-order valence-corrected chi connectivity index (χ0v) is 13.3. The molecule has 0 aliphatic carbocycles. The predicted octanol–water partition coefficient (Wildman–Crippen LogP) is 5.66. The normalized spacial score (nSPS) is 11.6. The summed E-state index contributed by atoms with van der Waals surface area (Å²) in [6.45, 7) is 6.13. The highest BCUT2D eigenvalue weighted by Gasteiger charge is 2.27. The number of ether oxygens (including phenoxy) is 1. The lowest BCUT2D eigenvalue weighted by Gasteiger charge is -2.20. The number of hydrogen-bond acceptors (Lipinski definition) is 2. The van der Waals surface area contributed by atoms with E-state index < -0.39 is 0 Å². The van der Waals surface area contributed by atoms with Crippen LogP contribution in [0.3, 0.4) is 0 Å². The van der Waals surface area contributed by atoms with Gasteiger partial charge < -0.3 is 4.74 Å². The van der Waals surface area contributed by atoms with Crippen LogP contribution in [0.5, 0.6) is 0 Å². The van der Waals surface area contributed by atoms with Crippen LogP contribution in [0, 0.1) is 12.5 Å². The van der Waals surface area contributed by atoms with Crippen LogP contribution in [0.15, 0.2) is 0 Å². The zero-order chi connectivity index (χ0) is 14.6. The minimum atomic E-state index is -0.373. The molecule has 1 radical (unpaired) electrons. The Balaban J connectivity index is 3.33. The fourth-order valence-corrected chi connectivity index (χ4v) is 2.35. The van der Waals surface area contributed by atoms with Crippen LogP contribution in [0.2, 0.25) is 0 Å². The van der Waals surface area contributed by atoms with Crippen molar-refractivity contribution < 1.29 is 9.53 Å². The van der Waals surface area contributed by atoms with Crippen LogP contribution in [0.4, 0.5) is 0 Å². The van der Waals surface area contributed by atoms with Crippen molar-refractivity contribution in [1.82, 2.24) is 0 Å². The maximum absolute atomic E-state index is 11.4. The van der Waals surface area contributed by atoms with Gasteiger partial charge in [0, 0.05) is 0 Å². The van der Waals surface area contributed by atoms with E-state index in [2.05, 4.69) is 18.8 Å². The number of unbranched alkanes of at least 4 members (excludes halogenated alkanes) is 9. The molecular weight excluding hydrogens is 236 g/mol. The lowest BCUT2D eigenvalue weighted by atomic mass is 9.87. The zero-order valence-electron chi connectivity index (χ0n) is 13.3. The summed E-state index contributed by atoms with van der Waals surface area (Å²) >= 11 is 0. The highest BCUT2D eigenvalue weighted by molar-refractivity contribution is 5.75. The molecule has 0 aromatic rings. The molecule has 0 atom stereocenters. The third-order valence-corrected chi connectivity index (χ3v) is 3.84. The standard InChI is InChI=1S/C17H33O2/c1-5-6-7-8-9-10-11-12-13-14-15-17(2,3)16(18)19-4/h4-15H2,1-3H3. The van der Waals surface area contributed by atoms with Crippen molar-refractivity contribution in [3.05, 3.63) is 7.11 Å². The molecule has 2 nitrogen and oxygen atoms in total. The first-order valence-electron chi connectivity index (χ1n) is 8.01. The van der Waals surface area contributed by atoms with Crippen LogP contribution in [0.1, 0.15) is 91.4 Å². The van der Waals surface area contributed by atoms with E-state index in [0.717, 1.165) is 12.8 Å². The van der Waals surface area contributed by atoms with Gasteiger partial charge in [0.05, 0.1) is 5.41 Å². The Morgan fingerprint density at radius 2 is 1.32 bits per heavy atom. The lowest BCUT2D eigenvalue weighted by molar-refractivity contribution is -0.148. The number of rotatable bonds is 12. The number of hydrogen-bond donors (Lipinski definition) is 0. The number of esters is 1. The van der Waals surface area contributed by atoms with Gasteiger partial charge in [0.1, 0.15) is 7.11 Å². The van der Waals surface area contributed by atoms with E-state index in [1.807, 2.05) is 13.8 Å². The second kappa shape index (κ2) is 11.3. The van der Waals surface area contributed by atoms with Crippen LogP contribution in [-0.4, -0.2) is 5.97 Å². The Bertz CT molecular complexity index is 221. The Kier molecular flexibility index (Phi) is 11.0. The van der Waals surface area contributed by atoms with Gasteiger partial charge in [-0.25, -0.2) is 0 Å². The van der Waals surface area contributed by atoms with Crippen LogP contribution in [0.25, 0.3) is 0 Å². The molecule has 0 saturated heterocycles. The maximum atomic E-state index is 11.4. The Hall–Kier alpha value is -0.530. The van der Waals surface area contributed by atoms with Crippen molar-refractivity contribution in [2.45, 2.75) is 91.4 Å². The van der Waals surface area contributed by atoms with Crippen LogP contribution in [-0.2, 0) is 9.53 Å². The molecule has 0 unspecified atom stereocenters. The summed E-state index contributed by atoms with van der Waals surface area (Å²) in [5, 5.41) is 0. The molecule has 0 aliphatic heterocycles. The SMILES string of the molecule is [CH2]OC(=O)C(C)(C)CCCCCCCCCCCC. The van der Waals surface area contributed by atoms with Gasteiger partial charge in [-0.3, -0.25) is 4.79 Å². The quantitative estimate of drug-likeness (QED) is 0.337. The van der Waals surface area contributed by atoms with Crippen molar-refractivity contribution >= 4 is 5.97 Å². The van der Waals surface area contributed by atoms with Gasteiger partial charge in [0.15, 0.2) is 0 Å². The lowest BCUT2D eigenvalue weighted by Crippen LogP contribution is -2.24. The first-order valence-corrected chi connectivity index (χ1v) is 8.01. The second-order valence-corrected chi connectivity index (χ2v) is 6.25. The van der Waals surface area contributed by atoms with Crippen LogP contribution < -0.4 is 0 Å². The molecule has 0 aromatic carbocycles. The highest BCUT2D eigenvalue weighted by Crippen LogP contribution is 2.25. The fraction of sp³-hybridized carbons (Fsp3) is 0.882. The van der Waals surface area contributed by atoms with E-state index in [0.29, 0.717) is 0 Å². The van der Waals surface area contributed by atoms with Gasteiger partial charge >= 0.3 is 5.97 Å². The molecule has 0 amide bonds. The van der Waals surface area contributed by atoms with Crippen molar-refractivity contribution in [3.8, 4) is 0 Å². The molecule has 0 N–H and O–H groups in total. The fourth-order valence-electron chi connectivity index (χ4n) is 2.35. The molecule has 0 rings (SSSR count). The Labute approximate surface area is 120 Å². The number of carbonyl (C=O) groups excluding carboxylic acids is 1. The molecule has 0 fully saturated rings. The summed E-state index contributed by atoms with van der Waals surface area (Å²) < 4.78 is 4.57. The first kappa shape index (κ1) is 18.5. The van der Waals surface area contributed by atoms with Crippen molar-refractivity contribution in [2.24, 2.45) is 5.41 Å². The summed E-state index contributed by atoms with van der Waals surface area (Å²) in [6.07, 6.45) is 14.1. The van der Waals surface area contributed by atoms with E-state index >= 15 is 0 Å². The van der Waals surface area contributed by atoms with Gasteiger partial charge in [0.25, 0.3) is 0 Å². The Morgan fingerprint density at radius 3 is 1.74 bits per heavy atom. The molecule has 2 heteroatoms. The van der Waals surface area contributed by atoms with Gasteiger partial charge in [-0.1, -0.05) is 71.1 Å². The van der Waals surface area contributed by atoms with Crippen molar-refractivity contribution in [3.63, 3.8) is 0 Å². The van der Waals surface area contributed by atoms with E-state index in [1.54, 1.807) is 0 Å². The monoisotopic (exact) mass is 269 g/mol. The summed E-state index contributed by atoms with van der Waals surface area (Å²) in [4.78, 5) is 11.4. The summed E-state index contributed by atoms with van der Waals surface area (Å²) in [7, 11) is 3.20. The maximum Gasteiger partial charge on any atom is 0.311 e. The Morgan fingerprint density at radius 1 is 0.895 bits per heavy atom. The molecule has 113 valence electrons. The third-order valence-electron chi connectivity index (χ3n) is 3.84. The number of carbonyl (C=O) groups is 1. The molecule has 19 heavy (non-hydrogen) atoms. The van der Waals surface area contributed by atoms with E-state index in [4.69, 9.17) is 0 Å². The van der Waals surface area contributed by atoms with E-state index in [9.17, 15) is 4.79 Å². The minimum absolute atomic E-state index is 0.191. The van der Waals surface area contributed by atoms with Crippen molar-refractivity contribution in [2.75, 3.05) is 0 Å². The van der Waals surface area contributed by atoms with Gasteiger partial charge in [-0.15, -0.1) is 0 Å².